The van der Waals surface area contributed by atoms with Crippen LogP contribution in [0.1, 0.15) is 69.4 Å². The molecule has 0 saturated heterocycles. The molecule has 2 aromatic carbocycles. The van der Waals surface area contributed by atoms with Crippen LogP contribution in [-0.2, 0) is 30.2 Å². The number of hydrogen-bond acceptors (Lipinski definition) is 9. The predicted octanol–water partition coefficient (Wildman–Crippen LogP) is 5.91. The molecule has 1 N–H and O–H groups in total. The first kappa shape index (κ1) is 31.7. The van der Waals surface area contributed by atoms with Gasteiger partial charge in [-0.3, -0.25) is 10.1 Å². The Balaban J connectivity index is 1.31. The number of benzene rings is 2. The van der Waals surface area contributed by atoms with Crippen LogP contribution >= 0.6 is 0 Å². The fourth-order valence-electron chi connectivity index (χ4n) is 5.62. The van der Waals surface area contributed by atoms with Crippen LogP contribution in [0, 0.1) is 10.1 Å². The van der Waals surface area contributed by atoms with Crippen molar-refractivity contribution in [1.82, 2.24) is 5.32 Å². The lowest BCUT2D eigenvalue weighted by Crippen LogP contribution is -2.32. The molecule has 1 atom stereocenters. The lowest BCUT2D eigenvalue weighted by Gasteiger charge is -2.30. The normalized spacial score (nSPS) is 17.3. The summed E-state index contributed by atoms with van der Waals surface area (Å²) in [4.78, 5) is 37.0. The highest BCUT2D eigenvalue weighted by atomic mass is 16.6. The third kappa shape index (κ3) is 8.44. The molecule has 0 aromatic heterocycles. The van der Waals surface area contributed by atoms with E-state index in [1.807, 2.05) is 24.3 Å². The molecule has 230 valence electrons. The molecule has 2 aromatic rings. The molecule has 2 aliphatic rings. The number of carbonyl (C=O) groups excluding carboxylic acids is 2. The van der Waals surface area contributed by atoms with Crippen molar-refractivity contribution < 1.29 is 33.5 Å². The van der Waals surface area contributed by atoms with E-state index in [0.717, 1.165) is 18.8 Å². The van der Waals surface area contributed by atoms with Crippen molar-refractivity contribution in [3.05, 3.63) is 92.3 Å². The van der Waals surface area contributed by atoms with E-state index in [1.54, 1.807) is 19.9 Å². The highest BCUT2D eigenvalue weighted by Crippen LogP contribution is 2.40. The third-order valence-corrected chi connectivity index (χ3v) is 7.81. The summed E-state index contributed by atoms with van der Waals surface area (Å²) in [7, 11) is 1.25. The number of methoxy groups -OCH3 is 1. The summed E-state index contributed by atoms with van der Waals surface area (Å²) in [6.45, 7) is 4.55. The van der Waals surface area contributed by atoms with E-state index in [-0.39, 0.29) is 23.4 Å². The second kappa shape index (κ2) is 15.3. The number of nitrogens with zero attached hydrogens (tertiary/aromatic N) is 1. The Bertz CT molecular complexity index is 1360. The highest BCUT2D eigenvalue weighted by molar-refractivity contribution is 5.99. The number of nitro groups is 1. The van der Waals surface area contributed by atoms with Crippen molar-refractivity contribution in [2.75, 3.05) is 26.9 Å². The molecule has 0 unspecified atom stereocenters. The summed E-state index contributed by atoms with van der Waals surface area (Å²) >= 11 is 0. The second-order valence-corrected chi connectivity index (χ2v) is 10.8. The van der Waals surface area contributed by atoms with E-state index >= 15 is 0 Å². The zero-order chi connectivity index (χ0) is 30.8. The fourth-order valence-corrected chi connectivity index (χ4v) is 5.62. The van der Waals surface area contributed by atoms with E-state index in [9.17, 15) is 19.7 Å². The van der Waals surface area contributed by atoms with Crippen LogP contribution in [0.4, 0.5) is 5.69 Å². The van der Waals surface area contributed by atoms with Gasteiger partial charge in [0.05, 0.1) is 55.0 Å². The number of hydrogen-bond donors (Lipinski definition) is 1. The molecule has 1 aliphatic heterocycles. The van der Waals surface area contributed by atoms with Crippen molar-refractivity contribution in [2.45, 2.75) is 70.8 Å². The Morgan fingerprint density at radius 1 is 0.930 bits per heavy atom. The van der Waals surface area contributed by atoms with E-state index in [1.165, 1.54) is 63.0 Å². The van der Waals surface area contributed by atoms with Gasteiger partial charge in [0.25, 0.3) is 5.69 Å². The maximum Gasteiger partial charge on any atom is 0.336 e. The summed E-state index contributed by atoms with van der Waals surface area (Å²) in [5.74, 6) is -1.44. The Labute approximate surface area is 252 Å². The van der Waals surface area contributed by atoms with Gasteiger partial charge in [-0.1, -0.05) is 43.5 Å². The molecule has 10 heteroatoms. The zero-order valence-corrected chi connectivity index (χ0v) is 25.1. The maximum atomic E-state index is 13.4. The smallest absolute Gasteiger partial charge is 0.336 e. The summed E-state index contributed by atoms with van der Waals surface area (Å²) in [6, 6.07) is 13.8. The monoisotopic (exact) mass is 592 g/mol. The number of nitro benzene ring substituents is 1. The second-order valence-electron chi connectivity index (χ2n) is 10.8. The molecular formula is C33H40N2O8. The molecular weight excluding hydrogens is 552 g/mol. The van der Waals surface area contributed by atoms with Crippen molar-refractivity contribution in [1.29, 1.82) is 0 Å². The predicted molar refractivity (Wildman–Crippen MR) is 160 cm³/mol. The van der Waals surface area contributed by atoms with Gasteiger partial charge in [0.1, 0.15) is 5.75 Å². The van der Waals surface area contributed by atoms with Crippen molar-refractivity contribution in [3.63, 3.8) is 0 Å². The molecule has 4 rings (SSSR count). The summed E-state index contributed by atoms with van der Waals surface area (Å²) in [6.07, 6.45) is 7.89. The molecule has 0 spiro atoms. The Morgan fingerprint density at radius 3 is 2.30 bits per heavy atom. The van der Waals surface area contributed by atoms with Gasteiger partial charge in [-0.15, -0.1) is 0 Å². The summed E-state index contributed by atoms with van der Waals surface area (Å²) in [5, 5.41) is 14.5. The van der Waals surface area contributed by atoms with Crippen LogP contribution in [-0.4, -0.2) is 49.9 Å². The van der Waals surface area contributed by atoms with E-state index in [0.29, 0.717) is 36.1 Å². The van der Waals surface area contributed by atoms with Crippen LogP contribution in [0.5, 0.6) is 5.75 Å². The molecule has 1 aliphatic carbocycles. The van der Waals surface area contributed by atoms with E-state index in [2.05, 4.69) is 5.32 Å². The van der Waals surface area contributed by atoms with Crippen LogP contribution < -0.4 is 10.1 Å². The van der Waals surface area contributed by atoms with Gasteiger partial charge in [-0.05, 0) is 56.4 Å². The Kier molecular flexibility index (Phi) is 11.3. The van der Waals surface area contributed by atoms with Crippen molar-refractivity contribution in [2.24, 2.45) is 0 Å². The summed E-state index contributed by atoms with van der Waals surface area (Å²) < 4.78 is 22.4. The highest BCUT2D eigenvalue weighted by Gasteiger charge is 2.38. The number of dihydropyridines is 1. The molecule has 0 radical (unpaired) electrons. The number of allylic oxidation sites excluding steroid dienone is 2. The molecule has 1 heterocycles. The van der Waals surface area contributed by atoms with E-state index < -0.39 is 22.8 Å². The maximum absolute atomic E-state index is 13.4. The lowest BCUT2D eigenvalue weighted by atomic mass is 9.80. The topological polar surface area (TPSA) is 126 Å². The first-order chi connectivity index (χ1) is 20.8. The number of non-ortho nitro benzene ring substituents is 1. The van der Waals surface area contributed by atoms with Gasteiger partial charge in [0, 0.05) is 29.9 Å². The quantitative estimate of drug-likeness (QED) is 0.131. The molecule has 0 bridgehead atoms. The van der Waals surface area contributed by atoms with Gasteiger partial charge >= 0.3 is 11.9 Å². The molecule has 1 saturated carbocycles. The number of rotatable bonds is 13. The van der Waals surface area contributed by atoms with Crippen molar-refractivity contribution in [3.8, 4) is 5.75 Å². The third-order valence-electron chi connectivity index (χ3n) is 7.81. The van der Waals surface area contributed by atoms with Gasteiger partial charge in [0.15, 0.2) is 0 Å². The average Bonchev–Trinajstić information content (AvgIpc) is 3.01. The molecule has 0 amide bonds. The van der Waals surface area contributed by atoms with Gasteiger partial charge < -0.3 is 24.3 Å². The van der Waals surface area contributed by atoms with E-state index in [4.69, 9.17) is 18.9 Å². The summed E-state index contributed by atoms with van der Waals surface area (Å²) in [5.41, 5.74) is 2.81. The Hall–Kier alpha value is -4.18. The first-order valence-corrected chi connectivity index (χ1v) is 14.8. The zero-order valence-electron chi connectivity index (χ0n) is 25.1. The minimum absolute atomic E-state index is 0.0874. The largest absolute Gasteiger partial charge is 0.493 e. The molecule has 43 heavy (non-hydrogen) atoms. The SMILES string of the molecule is COC(=O)C1=C(C)NC(C)=C(C(=O)OCCCOc2ccc(CCOC3CCCCC3)cc2)[C@H]1c1cccc([N+](=O)[O-])c1. The first-order valence-electron chi connectivity index (χ1n) is 14.8. The number of esters is 2. The van der Waals surface area contributed by atoms with Crippen LogP contribution in [0.2, 0.25) is 0 Å². The average molecular weight is 593 g/mol. The Morgan fingerprint density at radius 2 is 1.63 bits per heavy atom. The molecule has 10 nitrogen and oxygen atoms in total. The minimum Gasteiger partial charge on any atom is -0.493 e. The number of carbonyl (C=O) groups is 2. The molecule has 1 fully saturated rings. The number of nitrogens with one attached hydrogen (secondary N) is 1. The fraction of sp³-hybridized carbons (Fsp3) is 0.455. The lowest BCUT2D eigenvalue weighted by molar-refractivity contribution is -0.384. The number of ether oxygens (including phenoxy) is 4. The van der Waals surface area contributed by atoms with Gasteiger partial charge in [-0.25, -0.2) is 9.59 Å². The van der Waals surface area contributed by atoms with Crippen LogP contribution in [0.3, 0.4) is 0 Å². The minimum atomic E-state index is -0.899. The van der Waals surface area contributed by atoms with Gasteiger partial charge in [0.2, 0.25) is 0 Å². The van der Waals surface area contributed by atoms with Crippen LogP contribution in [0.15, 0.2) is 71.1 Å². The van der Waals surface area contributed by atoms with Crippen molar-refractivity contribution >= 4 is 17.6 Å². The van der Waals surface area contributed by atoms with Crippen LogP contribution in [0.25, 0.3) is 0 Å². The standard InChI is InChI=1S/C33H40N2O8/c1-22-29(32(36)40-3)31(25-9-7-10-26(21-25)35(38)39)30(23(2)34-22)33(37)43-19-8-18-41-28-15-13-24(14-16-28)17-20-42-27-11-5-4-6-12-27/h7,9-10,13-16,21,27,31,34H,4-6,8,11-12,17-20H2,1-3H3/t31-/m0/s1. The van der Waals surface area contributed by atoms with Gasteiger partial charge in [-0.2, -0.15) is 0 Å².